The number of halogens is 1. The first kappa shape index (κ1) is 25.2. The van der Waals surface area contributed by atoms with Crippen LogP contribution in [-0.2, 0) is 11.2 Å². The van der Waals surface area contributed by atoms with Crippen LogP contribution in [0.4, 0.5) is 5.69 Å². The Kier molecular flexibility index (Phi) is 7.28. The number of benzene rings is 3. The molecule has 3 aromatic rings. The zero-order valence-electron chi connectivity index (χ0n) is 21.7. The van der Waals surface area contributed by atoms with E-state index in [1.54, 1.807) is 0 Å². The highest BCUT2D eigenvalue weighted by atomic mass is 35.5. The normalized spacial score (nSPS) is 17.2. The third-order valence-electron chi connectivity index (χ3n) is 8.02. The number of carbonyl (C=O) groups excluding carboxylic acids is 1. The SMILES string of the molecule is NC(=O)c1cc(-c2ccc(OCCN3CCOCC3)c(Cl)c2)cc2c1Cc1cc(N3CCCCC3)ccc1-2. The molecule has 1 aliphatic carbocycles. The van der Waals surface area contributed by atoms with Crippen LogP contribution in [0.3, 0.4) is 0 Å². The lowest BCUT2D eigenvalue weighted by Crippen LogP contribution is -2.38. The van der Waals surface area contributed by atoms with Crippen LogP contribution >= 0.6 is 11.6 Å². The highest BCUT2D eigenvalue weighted by Gasteiger charge is 2.26. The van der Waals surface area contributed by atoms with Gasteiger partial charge < -0.3 is 20.1 Å². The fourth-order valence-corrected chi connectivity index (χ4v) is 6.16. The number of ether oxygens (including phenoxy) is 2. The number of primary amides is 1. The average molecular weight is 532 g/mol. The smallest absolute Gasteiger partial charge is 0.249 e. The van der Waals surface area contributed by atoms with Crippen molar-refractivity contribution in [1.29, 1.82) is 0 Å². The summed E-state index contributed by atoms with van der Waals surface area (Å²) in [5.41, 5.74) is 14.1. The molecule has 0 radical (unpaired) electrons. The first-order valence-corrected chi connectivity index (χ1v) is 14.0. The van der Waals surface area contributed by atoms with Gasteiger partial charge in [-0.15, -0.1) is 0 Å². The summed E-state index contributed by atoms with van der Waals surface area (Å²) < 4.78 is 11.4. The number of piperidine rings is 1. The minimum absolute atomic E-state index is 0.402. The molecule has 2 aliphatic heterocycles. The van der Waals surface area contributed by atoms with Gasteiger partial charge in [0.25, 0.3) is 0 Å². The largest absolute Gasteiger partial charge is 0.491 e. The molecule has 7 heteroatoms. The minimum Gasteiger partial charge on any atom is -0.491 e. The van der Waals surface area contributed by atoms with E-state index in [4.69, 9.17) is 26.8 Å². The molecule has 2 saturated heterocycles. The molecule has 0 saturated carbocycles. The van der Waals surface area contributed by atoms with E-state index >= 15 is 0 Å². The van der Waals surface area contributed by atoms with Gasteiger partial charge in [-0.1, -0.05) is 23.7 Å². The van der Waals surface area contributed by atoms with Crippen molar-refractivity contribution < 1.29 is 14.3 Å². The summed E-state index contributed by atoms with van der Waals surface area (Å²) >= 11 is 6.64. The van der Waals surface area contributed by atoms with Crippen LogP contribution in [0.5, 0.6) is 5.75 Å². The molecule has 0 spiro atoms. The molecule has 0 unspecified atom stereocenters. The van der Waals surface area contributed by atoms with E-state index in [0.29, 0.717) is 22.9 Å². The van der Waals surface area contributed by atoms with Crippen molar-refractivity contribution in [2.45, 2.75) is 25.7 Å². The fraction of sp³-hybridized carbons (Fsp3) is 0.387. The standard InChI is InChI=1S/C31H34ClN3O3/c32-29-20-21(4-7-30(29)38-15-12-34-10-13-37-14-11-34)22-17-26-25-6-5-24(35-8-2-1-3-9-35)16-23(25)19-27(26)28(18-22)31(33)36/h4-7,16-18,20H,1-3,8-15,19H2,(H2,33,36). The van der Waals surface area contributed by atoms with Crippen LogP contribution in [-0.4, -0.2) is 63.4 Å². The first-order chi connectivity index (χ1) is 18.6. The molecule has 2 heterocycles. The highest BCUT2D eigenvalue weighted by molar-refractivity contribution is 6.32. The summed E-state index contributed by atoms with van der Waals surface area (Å²) in [5.74, 6) is 0.261. The van der Waals surface area contributed by atoms with Gasteiger partial charge >= 0.3 is 0 Å². The second-order valence-corrected chi connectivity index (χ2v) is 10.8. The zero-order chi connectivity index (χ0) is 26.1. The van der Waals surface area contributed by atoms with Gasteiger partial charge in [0.15, 0.2) is 0 Å². The third-order valence-corrected chi connectivity index (χ3v) is 8.31. The van der Waals surface area contributed by atoms with E-state index < -0.39 is 5.91 Å². The predicted octanol–water partition coefficient (Wildman–Crippen LogP) is 5.38. The number of nitrogens with two attached hydrogens (primary N) is 1. The average Bonchev–Trinajstić information content (AvgIpc) is 3.32. The summed E-state index contributed by atoms with van der Waals surface area (Å²) in [7, 11) is 0. The Balaban J connectivity index is 1.25. The molecule has 6 rings (SSSR count). The Morgan fingerprint density at radius 3 is 2.50 bits per heavy atom. The van der Waals surface area contributed by atoms with E-state index in [2.05, 4.69) is 34.1 Å². The van der Waals surface area contributed by atoms with Gasteiger partial charge in [0.05, 0.1) is 18.2 Å². The van der Waals surface area contributed by atoms with E-state index in [-0.39, 0.29) is 0 Å². The monoisotopic (exact) mass is 531 g/mol. The minimum atomic E-state index is -0.402. The van der Waals surface area contributed by atoms with Crippen molar-refractivity contribution in [3.63, 3.8) is 0 Å². The van der Waals surface area contributed by atoms with E-state index in [1.165, 1.54) is 36.1 Å². The lowest BCUT2D eigenvalue weighted by atomic mass is 9.94. The van der Waals surface area contributed by atoms with Gasteiger partial charge in [0.2, 0.25) is 5.91 Å². The van der Waals surface area contributed by atoms with E-state index in [1.807, 2.05) is 24.3 Å². The Bertz CT molecular complexity index is 1350. The van der Waals surface area contributed by atoms with E-state index in [9.17, 15) is 4.79 Å². The summed E-state index contributed by atoms with van der Waals surface area (Å²) in [6, 6.07) is 16.6. The quantitative estimate of drug-likeness (QED) is 0.347. The number of hydrogen-bond donors (Lipinski definition) is 1. The van der Waals surface area contributed by atoms with Gasteiger partial charge in [-0.05, 0) is 95.5 Å². The predicted molar refractivity (Wildman–Crippen MR) is 152 cm³/mol. The maximum Gasteiger partial charge on any atom is 0.249 e. The van der Waals surface area contributed by atoms with Crippen molar-refractivity contribution in [3.05, 3.63) is 70.2 Å². The summed E-state index contributed by atoms with van der Waals surface area (Å²) in [6.07, 6.45) is 4.52. The maximum absolute atomic E-state index is 12.5. The van der Waals surface area contributed by atoms with Crippen LogP contribution in [0, 0.1) is 0 Å². The highest BCUT2D eigenvalue weighted by Crippen LogP contribution is 2.43. The van der Waals surface area contributed by atoms with Crippen LogP contribution < -0.4 is 15.4 Å². The van der Waals surface area contributed by atoms with Crippen molar-refractivity contribution in [3.8, 4) is 28.0 Å². The number of carbonyl (C=O) groups is 1. The van der Waals surface area contributed by atoms with Gasteiger partial charge in [-0.3, -0.25) is 9.69 Å². The molecule has 2 N–H and O–H groups in total. The van der Waals surface area contributed by atoms with Crippen molar-refractivity contribution in [2.75, 3.05) is 57.4 Å². The molecular formula is C31H34ClN3O3. The van der Waals surface area contributed by atoms with Crippen molar-refractivity contribution in [2.24, 2.45) is 5.73 Å². The molecule has 3 aliphatic rings. The third kappa shape index (κ3) is 5.13. The lowest BCUT2D eigenvalue weighted by molar-refractivity contribution is 0.0322. The number of anilines is 1. The lowest BCUT2D eigenvalue weighted by Gasteiger charge is -2.29. The molecule has 198 valence electrons. The summed E-state index contributed by atoms with van der Waals surface area (Å²) in [4.78, 5) is 17.3. The Morgan fingerprint density at radius 2 is 1.74 bits per heavy atom. The summed E-state index contributed by atoms with van der Waals surface area (Å²) in [6.45, 7) is 7.03. The van der Waals surface area contributed by atoms with E-state index in [0.717, 1.165) is 74.6 Å². The molecule has 0 atom stereocenters. The summed E-state index contributed by atoms with van der Waals surface area (Å²) in [5, 5.41) is 0.553. The van der Waals surface area contributed by atoms with Crippen molar-refractivity contribution in [1.82, 2.24) is 4.90 Å². The number of rotatable bonds is 7. The van der Waals surface area contributed by atoms with Gasteiger partial charge in [0.1, 0.15) is 12.4 Å². The second kappa shape index (κ2) is 11.0. The molecule has 0 aromatic heterocycles. The number of morpholine rings is 1. The zero-order valence-corrected chi connectivity index (χ0v) is 22.4. The first-order valence-electron chi connectivity index (χ1n) is 13.6. The molecule has 0 bridgehead atoms. The van der Waals surface area contributed by atoms with Crippen LogP contribution in [0.25, 0.3) is 22.3 Å². The van der Waals surface area contributed by atoms with Crippen LogP contribution in [0.15, 0.2) is 48.5 Å². The van der Waals surface area contributed by atoms with Crippen LogP contribution in [0.1, 0.15) is 40.7 Å². The van der Waals surface area contributed by atoms with Crippen molar-refractivity contribution >= 4 is 23.2 Å². The maximum atomic E-state index is 12.5. The molecular weight excluding hydrogens is 498 g/mol. The molecule has 38 heavy (non-hydrogen) atoms. The Morgan fingerprint density at radius 1 is 0.921 bits per heavy atom. The Labute approximate surface area is 229 Å². The topological polar surface area (TPSA) is 68.0 Å². The molecule has 2 fully saturated rings. The number of hydrogen-bond acceptors (Lipinski definition) is 5. The molecule has 1 amide bonds. The van der Waals surface area contributed by atoms with Gasteiger partial charge in [0, 0.05) is 44.0 Å². The van der Waals surface area contributed by atoms with Gasteiger partial charge in [-0.2, -0.15) is 0 Å². The van der Waals surface area contributed by atoms with Gasteiger partial charge in [-0.25, -0.2) is 0 Å². The molecule has 3 aromatic carbocycles. The Hall–Kier alpha value is -3.06. The fourth-order valence-electron chi connectivity index (χ4n) is 5.92. The van der Waals surface area contributed by atoms with Crippen LogP contribution in [0.2, 0.25) is 5.02 Å². The number of amides is 1. The molecule has 6 nitrogen and oxygen atoms in total. The number of fused-ring (bicyclic) bond motifs is 3. The second-order valence-electron chi connectivity index (χ2n) is 10.4. The number of nitrogens with zero attached hydrogens (tertiary/aromatic N) is 2.